The van der Waals surface area contributed by atoms with Crippen LogP contribution in [0.4, 0.5) is 4.39 Å². The van der Waals surface area contributed by atoms with E-state index in [0.717, 1.165) is 5.56 Å². The normalized spacial score (nSPS) is 31.3. The minimum absolute atomic E-state index is 0.138. The zero-order valence-electron chi connectivity index (χ0n) is 16.2. The van der Waals surface area contributed by atoms with E-state index in [4.69, 9.17) is 63.9 Å². The number of rotatable bonds is 5. The van der Waals surface area contributed by atoms with Gasteiger partial charge in [-0.1, -0.05) is 53.9 Å². The first-order valence-electron chi connectivity index (χ1n) is 9.19. The van der Waals surface area contributed by atoms with Crippen LogP contribution in [-0.4, -0.2) is 46.2 Å². The van der Waals surface area contributed by atoms with Crippen LogP contribution < -0.4 is 0 Å². The molecule has 0 aromatic heterocycles. The molecule has 10 heteroatoms. The van der Waals surface area contributed by atoms with E-state index < -0.39 is 40.1 Å². The van der Waals surface area contributed by atoms with E-state index in [-0.39, 0.29) is 18.5 Å². The summed E-state index contributed by atoms with van der Waals surface area (Å²) in [5, 5.41) is 7.91. The van der Waals surface area contributed by atoms with Crippen LogP contribution in [0.2, 0.25) is 0 Å². The molecule has 2 fully saturated rings. The third kappa shape index (κ3) is 5.53. The van der Waals surface area contributed by atoms with Crippen molar-refractivity contribution in [2.24, 2.45) is 0 Å². The number of fused-ring (bicyclic) bond motifs is 1. The van der Waals surface area contributed by atoms with E-state index in [2.05, 4.69) is 0 Å². The lowest BCUT2D eigenvalue weighted by Crippen LogP contribution is -2.58. The van der Waals surface area contributed by atoms with Gasteiger partial charge < -0.3 is 23.7 Å². The Labute approximate surface area is 183 Å². The second-order valence-corrected chi connectivity index (χ2v) is 9.64. The number of hydrogen-bond donors (Lipinski definition) is 1. The molecule has 2 saturated heterocycles. The van der Waals surface area contributed by atoms with E-state index in [9.17, 15) is 4.39 Å². The fourth-order valence-corrected chi connectivity index (χ4v) is 3.53. The summed E-state index contributed by atoms with van der Waals surface area (Å²) in [4.78, 5) is 0. The molecule has 1 N–H and O–H groups in total. The van der Waals surface area contributed by atoms with Crippen molar-refractivity contribution in [3.05, 3.63) is 35.6 Å². The highest BCUT2D eigenvalue weighted by atomic mass is 35.6. The minimum Gasteiger partial charge on any atom is -0.445 e. The average molecular weight is 471 g/mol. The molecule has 2 aliphatic rings. The molecule has 1 unspecified atom stereocenters. The number of alkyl halides is 3. The summed E-state index contributed by atoms with van der Waals surface area (Å²) in [5.74, 6) is -1.78. The van der Waals surface area contributed by atoms with E-state index >= 15 is 0 Å². The molecule has 2 heterocycles. The highest BCUT2D eigenvalue weighted by Crippen LogP contribution is 2.41. The van der Waals surface area contributed by atoms with Gasteiger partial charge in [0.05, 0.1) is 12.7 Å². The third-order valence-electron chi connectivity index (χ3n) is 4.68. The number of hydrogen-bond acceptors (Lipinski definition) is 6. The Hall–Kier alpha value is -0.670. The van der Waals surface area contributed by atoms with E-state index in [1.807, 2.05) is 6.92 Å². The van der Waals surface area contributed by atoms with Gasteiger partial charge in [0.25, 0.3) is 3.79 Å². The SMILES string of the molecule is CC[C@H]1OC(OC(=N)C(Cl)(Cl)Cl)[C@H](OCc2ccc(F)cc2)[C@H]2OC(C)(C)O[C@H]21. The summed E-state index contributed by atoms with van der Waals surface area (Å²) < 4.78 is 40.8. The second kappa shape index (κ2) is 8.83. The summed E-state index contributed by atoms with van der Waals surface area (Å²) in [7, 11) is 0. The first-order chi connectivity index (χ1) is 13.5. The van der Waals surface area contributed by atoms with Gasteiger partial charge in [-0.15, -0.1) is 0 Å². The Balaban J connectivity index is 1.82. The predicted molar refractivity (Wildman–Crippen MR) is 107 cm³/mol. The van der Waals surface area contributed by atoms with Crippen molar-refractivity contribution in [3.63, 3.8) is 0 Å². The van der Waals surface area contributed by atoms with Crippen LogP contribution in [0.25, 0.3) is 0 Å². The largest absolute Gasteiger partial charge is 0.445 e. The second-order valence-electron chi connectivity index (χ2n) is 7.36. The van der Waals surface area contributed by atoms with Gasteiger partial charge in [-0.3, -0.25) is 5.41 Å². The van der Waals surface area contributed by atoms with E-state index in [1.165, 1.54) is 12.1 Å². The van der Waals surface area contributed by atoms with Gasteiger partial charge in [0.15, 0.2) is 5.79 Å². The summed E-state index contributed by atoms with van der Waals surface area (Å²) >= 11 is 17.3. The van der Waals surface area contributed by atoms with Gasteiger partial charge >= 0.3 is 0 Å². The molecule has 162 valence electrons. The summed E-state index contributed by atoms with van der Waals surface area (Å²) in [6.45, 7) is 5.68. The molecule has 0 bridgehead atoms. The van der Waals surface area contributed by atoms with Crippen LogP contribution in [0.3, 0.4) is 0 Å². The summed E-state index contributed by atoms with van der Waals surface area (Å²) in [6.07, 6.45) is -2.50. The van der Waals surface area contributed by atoms with Gasteiger partial charge in [-0.2, -0.15) is 0 Å². The first kappa shape index (κ1) is 23.0. The summed E-state index contributed by atoms with van der Waals surface area (Å²) in [6, 6.07) is 5.91. The number of ether oxygens (including phenoxy) is 5. The third-order valence-corrected chi connectivity index (χ3v) is 5.20. The molecular formula is C19H23Cl3FNO5. The van der Waals surface area contributed by atoms with Crippen LogP contribution in [0.5, 0.6) is 0 Å². The number of nitrogens with one attached hydrogen (secondary N) is 1. The Morgan fingerprint density at radius 2 is 1.79 bits per heavy atom. The molecule has 29 heavy (non-hydrogen) atoms. The maximum atomic E-state index is 13.2. The molecule has 0 radical (unpaired) electrons. The van der Waals surface area contributed by atoms with Crippen LogP contribution in [0.1, 0.15) is 32.8 Å². The van der Waals surface area contributed by atoms with Crippen molar-refractivity contribution in [1.29, 1.82) is 5.41 Å². The first-order valence-corrected chi connectivity index (χ1v) is 10.3. The van der Waals surface area contributed by atoms with Gasteiger partial charge in [-0.05, 0) is 38.0 Å². The quantitative estimate of drug-likeness (QED) is 0.383. The van der Waals surface area contributed by atoms with Crippen molar-refractivity contribution < 1.29 is 28.1 Å². The van der Waals surface area contributed by atoms with Crippen LogP contribution >= 0.6 is 34.8 Å². The molecule has 0 spiro atoms. The lowest BCUT2D eigenvalue weighted by Gasteiger charge is -2.41. The van der Waals surface area contributed by atoms with Gasteiger partial charge in [0, 0.05) is 0 Å². The number of halogens is 4. The molecule has 6 nitrogen and oxygen atoms in total. The van der Waals surface area contributed by atoms with Crippen LogP contribution in [-0.2, 0) is 30.3 Å². The zero-order chi connectivity index (χ0) is 21.4. The topological polar surface area (TPSA) is 70.0 Å². The maximum Gasteiger partial charge on any atom is 0.265 e. The molecule has 3 rings (SSSR count). The lowest BCUT2D eigenvalue weighted by atomic mass is 9.97. The zero-order valence-corrected chi connectivity index (χ0v) is 18.4. The monoisotopic (exact) mass is 469 g/mol. The molecular weight excluding hydrogens is 448 g/mol. The highest BCUT2D eigenvalue weighted by molar-refractivity contribution is 6.76. The fraction of sp³-hybridized carbons (Fsp3) is 0.632. The van der Waals surface area contributed by atoms with Crippen molar-refractivity contribution >= 4 is 40.7 Å². The molecule has 1 aromatic rings. The van der Waals surface area contributed by atoms with Gasteiger partial charge in [0.1, 0.15) is 24.1 Å². The Morgan fingerprint density at radius 1 is 1.17 bits per heavy atom. The lowest BCUT2D eigenvalue weighted by molar-refractivity contribution is -0.268. The molecule has 5 atom stereocenters. The molecule has 0 amide bonds. The molecule has 0 saturated carbocycles. The molecule has 1 aromatic carbocycles. The van der Waals surface area contributed by atoms with Crippen molar-refractivity contribution in [1.82, 2.24) is 0 Å². The average Bonchev–Trinajstić information content (AvgIpc) is 2.95. The Bertz CT molecular complexity index is 728. The highest BCUT2D eigenvalue weighted by Gasteiger charge is 2.56. The number of benzene rings is 1. The van der Waals surface area contributed by atoms with Crippen LogP contribution in [0.15, 0.2) is 24.3 Å². The Morgan fingerprint density at radius 3 is 2.38 bits per heavy atom. The van der Waals surface area contributed by atoms with Crippen molar-refractivity contribution in [2.75, 3.05) is 0 Å². The summed E-state index contributed by atoms with van der Waals surface area (Å²) in [5.41, 5.74) is 0.744. The molecule has 2 aliphatic heterocycles. The molecule has 0 aliphatic carbocycles. The van der Waals surface area contributed by atoms with Crippen molar-refractivity contribution in [2.45, 2.75) is 74.1 Å². The minimum atomic E-state index is -2.05. The van der Waals surface area contributed by atoms with E-state index in [0.29, 0.717) is 6.42 Å². The Kier molecular flexibility index (Phi) is 7.00. The van der Waals surface area contributed by atoms with Gasteiger partial charge in [-0.25, -0.2) is 4.39 Å². The maximum absolute atomic E-state index is 13.2. The van der Waals surface area contributed by atoms with Crippen LogP contribution in [0, 0.1) is 11.2 Å². The predicted octanol–water partition coefficient (Wildman–Crippen LogP) is 4.73. The smallest absolute Gasteiger partial charge is 0.265 e. The standard InChI is InChI=1S/C19H23Cl3FNO5/c1-4-12-13-14(29-18(2,3)28-13)15(16(26-12)27-17(24)19(20,21)22)25-9-10-5-7-11(23)8-6-10/h5-8,12-16,24H,4,9H2,1-3H3/t12-,13+,14+,15-,16?/m1/s1. The van der Waals surface area contributed by atoms with Crippen molar-refractivity contribution in [3.8, 4) is 0 Å². The van der Waals surface area contributed by atoms with E-state index in [1.54, 1.807) is 26.0 Å². The van der Waals surface area contributed by atoms with Gasteiger partial charge in [0.2, 0.25) is 12.2 Å². The fourth-order valence-electron chi connectivity index (χ4n) is 3.39.